The van der Waals surface area contributed by atoms with E-state index in [0.717, 1.165) is 21.9 Å². The number of ether oxygens (including phenoxy) is 1. The summed E-state index contributed by atoms with van der Waals surface area (Å²) in [5.74, 6) is 1.71. The number of thioether (sulfide) groups is 1. The molecule has 0 aliphatic carbocycles. The molecule has 0 saturated heterocycles. The van der Waals surface area contributed by atoms with Crippen LogP contribution in [0.2, 0.25) is 0 Å². The predicted octanol–water partition coefficient (Wildman–Crippen LogP) is 4.62. The lowest BCUT2D eigenvalue weighted by atomic mass is 10.2. The molecule has 2 aromatic carbocycles. The van der Waals surface area contributed by atoms with E-state index in [0.29, 0.717) is 17.5 Å². The minimum Gasteiger partial charge on any atom is -0.485 e. The highest BCUT2D eigenvalue weighted by Gasteiger charge is 2.16. The molecule has 158 valence electrons. The highest BCUT2D eigenvalue weighted by molar-refractivity contribution is 7.99. The van der Waals surface area contributed by atoms with Crippen LogP contribution in [0.4, 0.5) is 0 Å². The average molecular weight is 451 g/mol. The Morgan fingerprint density at radius 2 is 1.87 bits per heavy atom. The molecule has 0 aliphatic rings. The molecule has 4 rings (SSSR count). The summed E-state index contributed by atoms with van der Waals surface area (Å²) < 4.78 is 7.93. The van der Waals surface area contributed by atoms with Gasteiger partial charge in [0.2, 0.25) is 5.91 Å². The Morgan fingerprint density at radius 1 is 1.06 bits per heavy atom. The van der Waals surface area contributed by atoms with Crippen LogP contribution in [0.25, 0.3) is 5.69 Å². The number of amides is 1. The first kappa shape index (κ1) is 21.1. The van der Waals surface area contributed by atoms with Gasteiger partial charge in [-0.3, -0.25) is 9.36 Å². The number of thiophene rings is 1. The number of aromatic nitrogens is 3. The molecule has 4 aromatic rings. The van der Waals surface area contributed by atoms with Crippen molar-refractivity contribution in [1.82, 2.24) is 20.1 Å². The molecule has 0 saturated carbocycles. The van der Waals surface area contributed by atoms with Crippen LogP contribution in [-0.2, 0) is 17.9 Å². The molecule has 31 heavy (non-hydrogen) atoms. The third kappa shape index (κ3) is 5.53. The lowest BCUT2D eigenvalue weighted by Gasteiger charge is -2.12. The Morgan fingerprint density at radius 3 is 2.65 bits per heavy atom. The maximum Gasteiger partial charge on any atom is 0.230 e. The highest BCUT2D eigenvalue weighted by Crippen LogP contribution is 2.24. The SMILES string of the molecule is Cc1ccccc1OCc1nnc(SCC(=O)NCc2cccs2)n1-c1ccccc1. The highest BCUT2D eigenvalue weighted by atomic mass is 32.2. The molecule has 0 aliphatic heterocycles. The molecule has 2 heterocycles. The van der Waals surface area contributed by atoms with E-state index < -0.39 is 0 Å². The van der Waals surface area contributed by atoms with Crippen molar-refractivity contribution in [3.05, 3.63) is 88.4 Å². The number of carbonyl (C=O) groups is 1. The van der Waals surface area contributed by atoms with Crippen molar-refractivity contribution in [3.8, 4) is 11.4 Å². The second kappa shape index (κ2) is 10.3. The van der Waals surface area contributed by atoms with E-state index >= 15 is 0 Å². The van der Waals surface area contributed by atoms with Gasteiger partial charge in [-0.2, -0.15) is 0 Å². The van der Waals surface area contributed by atoms with Crippen molar-refractivity contribution < 1.29 is 9.53 Å². The minimum absolute atomic E-state index is 0.0428. The van der Waals surface area contributed by atoms with Crippen LogP contribution in [0, 0.1) is 6.92 Å². The number of carbonyl (C=O) groups excluding carboxylic acids is 1. The Balaban J connectivity index is 1.47. The summed E-state index contributed by atoms with van der Waals surface area (Å²) in [4.78, 5) is 13.4. The van der Waals surface area contributed by atoms with Crippen molar-refractivity contribution in [2.45, 2.75) is 25.2 Å². The molecule has 8 heteroatoms. The number of benzene rings is 2. The predicted molar refractivity (Wildman–Crippen MR) is 124 cm³/mol. The van der Waals surface area contributed by atoms with Gasteiger partial charge in [-0.05, 0) is 42.1 Å². The number of hydrogen-bond acceptors (Lipinski definition) is 6. The quantitative estimate of drug-likeness (QED) is 0.377. The summed E-state index contributed by atoms with van der Waals surface area (Å²) in [6, 6.07) is 21.7. The van der Waals surface area contributed by atoms with Gasteiger partial charge >= 0.3 is 0 Å². The second-order valence-corrected chi connectivity index (χ2v) is 8.74. The first-order valence-electron chi connectivity index (χ1n) is 9.81. The van der Waals surface area contributed by atoms with E-state index in [2.05, 4.69) is 15.5 Å². The molecule has 2 aromatic heterocycles. The molecular formula is C23H22N4O2S2. The van der Waals surface area contributed by atoms with Crippen molar-refractivity contribution in [1.29, 1.82) is 0 Å². The Bertz CT molecular complexity index is 1130. The Labute approximate surface area is 189 Å². The number of aryl methyl sites for hydroxylation is 1. The van der Waals surface area contributed by atoms with Gasteiger partial charge in [0.05, 0.1) is 12.3 Å². The summed E-state index contributed by atoms with van der Waals surface area (Å²) in [6.45, 7) is 2.82. The molecule has 0 bridgehead atoms. The minimum atomic E-state index is -0.0428. The summed E-state index contributed by atoms with van der Waals surface area (Å²) in [5.41, 5.74) is 1.99. The molecule has 0 fully saturated rings. The van der Waals surface area contributed by atoms with E-state index in [1.54, 1.807) is 11.3 Å². The third-order valence-corrected chi connectivity index (χ3v) is 6.34. The van der Waals surface area contributed by atoms with E-state index in [1.807, 2.05) is 83.6 Å². The summed E-state index contributed by atoms with van der Waals surface area (Å²) in [5, 5.41) is 14.3. The van der Waals surface area contributed by atoms with Crippen molar-refractivity contribution in [2.75, 3.05) is 5.75 Å². The largest absolute Gasteiger partial charge is 0.485 e. The Kier molecular flexibility index (Phi) is 7.01. The topological polar surface area (TPSA) is 69.0 Å². The van der Waals surface area contributed by atoms with E-state index in [-0.39, 0.29) is 18.3 Å². The van der Waals surface area contributed by atoms with Crippen LogP contribution in [0.3, 0.4) is 0 Å². The van der Waals surface area contributed by atoms with Gasteiger partial charge in [-0.15, -0.1) is 21.5 Å². The van der Waals surface area contributed by atoms with Crippen LogP contribution < -0.4 is 10.1 Å². The molecule has 1 N–H and O–H groups in total. The number of rotatable bonds is 9. The van der Waals surface area contributed by atoms with Crippen LogP contribution in [0.5, 0.6) is 5.75 Å². The third-order valence-electron chi connectivity index (χ3n) is 4.54. The maximum atomic E-state index is 12.3. The molecule has 0 spiro atoms. The number of nitrogens with zero attached hydrogens (tertiary/aromatic N) is 3. The number of hydrogen-bond donors (Lipinski definition) is 1. The van der Waals surface area contributed by atoms with Gasteiger partial charge in [0.25, 0.3) is 0 Å². The normalized spacial score (nSPS) is 10.7. The first-order valence-corrected chi connectivity index (χ1v) is 11.7. The number of para-hydroxylation sites is 2. The molecule has 0 radical (unpaired) electrons. The van der Waals surface area contributed by atoms with Crippen molar-refractivity contribution in [3.63, 3.8) is 0 Å². The number of nitrogens with one attached hydrogen (secondary N) is 1. The summed E-state index contributed by atoms with van der Waals surface area (Å²) in [6.07, 6.45) is 0. The van der Waals surface area contributed by atoms with Crippen LogP contribution in [-0.4, -0.2) is 26.4 Å². The molecule has 6 nitrogen and oxygen atoms in total. The lowest BCUT2D eigenvalue weighted by Crippen LogP contribution is -2.24. The van der Waals surface area contributed by atoms with Gasteiger partial charge in [0.15, 0.2) is 11.0 Å². The second-order valence-electron chi connectivity index (χ2n) is 6.77. The zero-order chi connectivity index (χ0) is 21.5. The molecule has 0 unspecified atom stereocenters. The smallest absolute Gasteiger partial charge is 0.230 e. The van der Waals surface area contributed by atoms with Crippen LogP contribution >= 0.6 is 23.1 Å². The van der Waals surface area contributed by atoms with Gasteiger partial charge in [0.1, 0.15) is 12.4 Å². The summed E-state index contributed by atoms with van der Waals surface area (Å²) in [7, 11) is 0. The lowest BCUT2D eigenvalue weighted by molar-refractivity contribution is -0.118. The fourth-order valence-electron chi connectivity index (χ4n) is 2.96. The van der Waals surface area contributed by atoms with Gasteiger partial charge in [0, 0.05) is 10.6 Å². The molecule has 1 amide bonds. The van der Waals surface area contributed by atoms with E-state index in [1.165, 1.54) is 11.8 Å². The maximum absolute atomic E-state index is 12.3. The molecular weight excluding hydrogens is 428 g/mol. The average Bonchev–Trinajstić information content (AvgIpc) is 3.46. The fourth-order valence-corrected chi connectivity index (χ4v) is 4.41. The van der Waals surface area contributed by atoms with Gasteiger partial charge in [-0.1, -0.05) is 54.2 Å². The zero-order valence-electron chi connectivity index (χ0n) is 17.0. The molecule has 0 atom stereocenters. The van der Waals surface area contributed by atoms with Crippen LogP contribution in [0.15, 0.2) is 77.3 Å². The summed E-state index contributed by atoms with van der Waals surface area (Å²) >= 11 is 2.98. The standard InChI is InChI=1S/C23H22N4O2S2/c1-17-8-5-6-12-20(17)29-15-21-25-26-23(27(21)18-9-3-2-4-10-18)31-16-22(28)24-14-19-11-7-13-30-19/h2-13H,14-16H2,1H3,(H,24,28). The Hall–Kier alpha value is -3.10. The van der Waals surface area contributed by atoms with E-state index in [4.69, 9.17) is 4.74 Å². The van der Waals surface area contributed by atoms with Crippen molar-refractivity contribution in [2.24, 2.45) is 0 Å². The van der Waals surface area contributed by atoms with Crippen LogP contribution in [0.1, 0.15) is 16.3 Å². The van der Waals surface area contributed by atoms with Gasteiger partial charge in [-0.25, -0.2) is 0 Å². The zero-order valence-corrected chi connectivity index (χ0v) is 18.7. The fraction of sp³-hybridized carbons (Fsp3) is 0.174. The van der Waals surface area contributed by atoms with Crippen molar-refractivity contribution >= 4 is 29.0 Å². The van der Waals surface area contributed by atoms with E-state index in [9.17, 15) is 4.79 Å². The van der Waals surface area contributed by atoms with Gasteiger partial charge < -0.3 is 10.1 Å². The first-order chi connectivity index (χ1) is 15.2. The monoisotopic (exact) mass is 450 g/mol.